The van der Waals surface area contributed by atoms with E-state index in [2.05, 4.69) is 5.32 Å². The van der Waals surface area contributed by atoms with Crippen molar-refractivity contribution in [3.05, 3.63) is 59.2 Å². The van der Waals surface area contributed by atoms with E-state index in [1.54, 1.807) is 25.1 Å². The molecule has 3 nitrogen and oxygen atoms in total. The smallest absolute Gasteiger partial charge is 0.399 e. The summed E-state index contributed by atoms with van der Waals surface area (Å²) in [5.74, 6) is -0.616. The molecular weight excluding hydrogens is 281 g/mol. The number of amides is 1. The summed E-state index contributed by atoms with van der Waals surface area (Å²) < 4.78 is 37.9. The van der Waals surface area contributed by atoms with Crippen LogP contribution in [-0.2, 0) is 6.18 Å². The van der Waals surface area contributed by atoms with E-state index in [0.29, 0.717) is 11.4 Å². The Bertz CT molecular complexity index is 681. The van der Waals surface area contributed by atoms with Gasteiger partial charge < -0.3 is 11.1 Å². The Labute approximate surface area is 119 Å². The van der Waals surface area contributed by atoms with Gasteiger partial charge in [0.05, 0.1) is 5.56 Å². The first-order valence-electron chi connectivity index (χ1n) is 6.12. The first-order chi connectivity index (χ1) is 9.77. The molecule has 0 saturated carbocycles. The number of carbonyl (C=O) groups is 1. The molecule has 0 aliphatic rings. The largest absolute Gasteiger partial charge is 0.416 e. The Hall–Kier alpha value is -2.50. The highest BCUT2D eigenvalue weighted by Crippen LogP contribution is 2.29. The number of alkyl halides is 3. The van der Waals surface area contributed by atoms with E-state index in [1.807, 2.05) is 0 Å². The standard InChI is InChI=1S/C15H13F3N2O/c1-9-5-6-12(19)8-13(9)20-14(21)10-3-2-4-11(7-10)15(16,17)18/h2-8H,19H2,1H3,(H,20,21). The van der Waals surface area contributed by atoms with Crippen LogP contribution in [0.15, 0.2) is 42.5 Å². The maximum absolute atomic E-state index is 12.6. The topological polar surface area (TPSA) is 55.1 Å². The molecule has 0 saturated heterocycles. The van der Waals surface area contributed by atoms with E-state index >= 15 is 0 Å². The molecule has 0 aliphatic heterocycles. The molecule has 0 radical (unpaired) electrons. The molecular formula is C15H13F3N2O. The average Bonchev–Trinajstić information content (AvgIpc) is 2.42. The van der Waals surface area contributed by atoms with Crippen molar-refractivity contribution in [1.29, 1.82) is 0 Å². The number of nitrogens with one attached hydrogen (secondary N) is 1. The number of aryl methyl sites for hydroxylation is 1. The van der Waals surface area contributed by atoms with E-state index in [0.717, 1.165) is 17.7 Å². The van der Waals surface area contributed by atoms with Crippen molar-refractivity contribution in [2.24, 2.45) is 0 Å². The Balaban J connectivity index is 2.27. The summed E-state index contributed by atoms with van der Waals surface area (Å²) in [6.07, 6.45) is -4.48. The number of hydrogen-bond donors (Lipinski definition) is 2. The number of anilines is 2. The summed E-state index contributed by atoms with van der Waals surface area (Å²) in [4.78, 5) is 12.0. The third kappa shape index (κ3) is 3.53. The minimum Gasteiger partial charge on any atom is -0.399 e. The number of hydrogen-bond acceptors (Lipinski definition) is 2. The van der Waals surface area contributed by atoms with Gasteiger partial charge in [-0.05, 0) is 42.8 Å². The average molecular weight is 294 g/mol. The van der Waals surface area contributed by atoms with E-state index in [4.69, 9.17) is 5.73 Å². The van der Waals surface area contributed by atoms with Crippen LogP contribution in [0.1, 0.15) is 21.5 Å². The zero-order chi connectivity index (χ0) is 15.6. The van der Waals surface area contributed by atoms with Crippen molar-refractivity contribution in [2.45, 2.75) is 13.1 Å². The molecule has 6 heteroatoms. The fourth-order valence-corrected chi connectivity index (χ4v) is 1.81. The molecule has 2 rings (SSSR count). The summed E-state index contributed by atoms with van der Waals surface area (Å²) in [6, 6.07) is 9.21. The normalized spacial score (nSPS) is 11.2. The highest BCUT2D eigenvalue weighted by atomic mass is 19.4. The van der Waals surface area contributed by atoms with Gasteiger partial charge in [-0.1, -0.05) is 12.1 Å². The lowest BCUT2D eigenvalue weighted by atomic mass is 10.1. The van der Waals surface area contributed by atoms with Gasteiger partial charge in [0.15, 0.2) is 0 Å². The first kappa shape index (κ1) is 14.9. The zero-order valence-corrected chi connectivity index (χ0v) is 11.2. The predicted molar refractivity (Wildman–Crippen MR) is 75.0 cm³/mol. The van der Waals surface area contributed by atoms with E-state index in [-0.39, 0.29) is 5.56 Å². The molecule has 1 amide bonds. The number of halogens is 3. The number of benzene rings is 2. The fraction of sp³-hybridized carbons (Fsp3) is 0.133. The number of rotatable bonds is 2. The molecule has 0 aromatic heterocycles. The zero-order valence-electron chi connectivity index (χ0n) is 11.2. The van der Waals surface area contributed by atoms with Gasteiger partial charge in [0.2, 0.25) is 0 Å². The summed E-state index contributed by atoms with van der Waals surface area (Å²) in [6.45, 7) is 1.77. The summed E-state index contributed by atoms with van der Waals surface area (Å²) in [5.41, 5.74) is 6.39. The molecule has 0 aliphatic carbocycles. The minimum absolute atomic E-state index is 0.0633. The van der Waals surface area contributed by atoms with Crippen LogP contribution >= 0.6 is 0 Å². The highest BCUT2D eigenvalue weighted by molar-refractivity contribution is 6.05. The summed E-state index contributed by atoms with van der Waals surface area (Å²) in [5, 5.41) is 2.56. The fourth-order valence-electron chi connectivity index (χ4n) is 1.81. The molecule has 2 aromatic carbocycles. The van der Waals surface area contributed by atoms with Crippen LogP contribution < -0.4 is 11.1 Å². The lowest BCUT2D eigenvalue weighted by Gasteiger charge is -2.11. The first-order valence-corrected chi connectivity index (χ1v) is 6.12. The van der Waals surface area contributed by atoms with Crippen molar-refractivity contribution in [3.63, 3.8) is 0 Å². The number of nitrogens with two attached hydrogens (primary N) is 1. The van der Waals surface area contributed by atoms with Crippen LogP contribution in [0.4, 0.5) is 24.5 Å². The van der Waals surface area contributed by atoms with Gasteiger partial charge in [-0.2, -0.15) is 13.2 Å². The lowest BCUT2D eigenvalue weighted by Crippen LogP contribution is -2.14. The van der Waals surface area contributed by atoms with Crippen LogP contribution in [0.5, 0.6) is 0 Å². The molecule has 0 heterocycles. The second-order valence-electron chi connectivity index (χ2n) is 4.61. The van der Waals surface area contributed by atoms with Crippen LogP contribution in [0.2, 0.25) is 0 Å². The van der Waals surface area contributed by atoms with E-state index < -0.39 is 17.6 Å². The van der Waals surface area contributed by atoms with Crippen molar-refractivity contribution < 1.29 is 18.0 Å². The van der Waals surface area contributed by atoms with Gasteiger partial charge in [-0.15, -0.1) is 0 Å². The van der Waals surface area contributed by atoms with Crippen molar-refractivity contribution in [1.82, 2.24) is 0 Å². The molecule has 0 atom stereocenters. The van der Waals surface area contributed by atoms with Gasteiger partial charge in [0.1, 0.15) is 0 Å². The molecule has 0 unspecified atom stereocenters. The van der Waals surface area contributed by atoms with Crippen molar-refractivity contribution in [3.8, 4) is 0 Å². The number of nitrogen functional groups attached to an aromatic ring is 1. The Kier molecular flexibility index (Phi) is 3.88. The Morgan fingerprint density at radius 3 is 2.52 bits per heavy atom. The van der Waals surface area contributed by atoms with Crippen molar-refractivity contribution >= 4 is 17.3 Å². The predicted octanol–water partition coefficient (Wildman–Crippen LogP) is 3.85. The monoisotopic (exact) mass is 294 g/mol. The molecule has 21 heavy (non-hydrogen) atoms. The van der Waals surface area contributed by atoms with Crippen LogP contribution in [-0.4, -0.2) is 5.91 Å². The maximum atomic E-state index is 12.6. The maximum Gasteiger partial charge on any atom is 0.416 e. The Morgan fingerprint density at radius 2 is 1.86 bits per heavy atom. The van der Waals surface area contributed by atoms with E-state index in [9.17, 15) is 18.0 Å². The highest BCUT2D eigenvalue weighted by Gasteiger charge is 2.30. The van der Waals surface area contributed by atoms with Crippen molar-refractivity contribution in [2.75, 3.05) is 11.1 Å². The Morgan fingerprint density at radius 1 is 1.14 bits per heavy atom. The van der Waals surface area contributed by atoms with Crippen LogP contribution in [0.25, 0.3) is 0 Å². The molecule has 3 N–H and O–H groups in total. The molecule has 110 valence electrons. The lowest BCUT2D eigenvalue weighted by molar-refractivity contribution is -0.137. The summed E-state index contributed by atoms with van der Waals surface area (Å²) >= 11 is 0. The van der Waals surface area contributed by atoms with E-state index in [1.165, 1.54) is 12.1 Å². The summed E-state index contributed by atoms with van der Waals surface area (Å²) in [7, 11) is 0. The molecule has 0 fully saturated rings. The SMILES string of the molecule is Cc1ccc(N)cc1NC(=O)c1cccc(C(F)(F)F)c1. The quantitative estimate of drug-likeness (QED) is 0.827. The van der Waals surface area contributed by atoms with Gasteiger partial charge >= 0.3 is 6.18 Å². The molecule has 0 spiro atoms. The van der Waals surface area contributed by atoms with Crippen LogP contribution in [0, 0.1) is 6.92 Å². The van der Waals surface area contributed by atoms with Gasteiger partial charge in [-0.3, -0.25) is 4.79 Å². The van der Waals surface area contributed by atoms with Gasteiger partial charge in [0, 0.05) is 16.9 Å². The number of carbonyl (C=O) groups excluding carboxylic acids is 1. The second-order valence-corrected chi connectivity index (χ2v) is 4.61. The van der Waals surface area contributed by atoms with Crippen LogP contribution in [0.3, 0.4) is 0 Å². The van der Waals surface area contributed by atoms with Gasteiger partial charge in [0.25, 0.3) is 5.91 Å². The van der Waals surface area contributed by atoms with Gasteiger partial charge in [-0.25, -0.2) is 0 Å². The third-order valence-electron chi connectivity index (χ3n) is 2.96. The molecule has 0 bridgehead atoms. The molecule has 2 aromatic rings. The minimum atomic E-state index is -4.48. The second kappa shape index (κ2) is 5.47. The third-order valence-corrected chi connectivity index (χ3v) is 2.96.